The average molecular weight is 598 g/mol. The minimum absolute atomic E-state index is 0.0384. The summed E-state index contributed by atoms with van der Waals surface area (Å²) in [5.41, 5.74) is 2.14. The van der Waals surface area contributed by atoms with Crippen LogP contribution in [0.2, 0.25) is 0 Å². The van der Waals surface area contributed by atoms with Crippen LogP contribution in [0.1, 0.15) is 88.2 Å². The second kappa shape index (κ2) is 14.3. The lowest BCUT2D eigenvalue weighted by molar-refractivity contribution is -0.148. The van der Waals surface area contributed by atoms with Crippen molar-refractivity contribution in [2.45, 2.75) is 77.7 Å². The van der Waals surface area contributed by atoms with E-state index in [-0.39, 0.29) is 11.3 Å². The van der Waals surface area contributed by atoms with Crippen LogP contribution < -0.4 is 10.1 Å². The fourth-order valence-corrected chi connectivity index (χ4v) is 4.87. The molecule has 0 fully saturated rings. The summed E-state index contributed by atoms with van der Waals surface area (Å²) < 4.78 is 16.5. The standard InChI is InChI=1S/C36H43N3O5/c1-7-8-9-10-11-24-43-30-22-16-27(17-23-30)33-37-31(39-44-33)25-12-20-29(21-13-25)36(5,34(41)42-6)38-32(40)26-14-18-28(19-15-26)35(2,3)4/h12-23H,7-11,24H2,1-6H3,(H,38,40)/t36-/m0/s1. The Morgan fingerprint density at radius 1 is 0.795 bits per heavy atom. The van der Waals surface area contributed by atoms with Crippen LogP contribution in [-0.2, 0) is 20.5 Å². The van der Waals surface area contributed by atoms with Gasteiger partial charge in [-0.2, -0.15) is 4.98 Å². The Labute approximate surface area is 260 Å². The summed E-state index contributed by atoms with van der Waals surface area (Å²) in [5.74, 6) is 0.632. The van der Waals surface area contributed by atoms with Crippen molar-refractivity contribution in [3.8, 4) is 28.6 Å². The molecule has 8 heteroatoms. The van der Waals surface area contributed by atoms with Gasteiger partial charge in [0.25, 0.3) is 11.8 Å². The number of nitrogens with zero attached hydrogens (tertiary/aromatic N) is 2. The molecule has 0 spiro atoms. The van der Waals surface area contributed by atoms with Gasteiger partial charge in [0, 0.05) is 16.7 Å². The topological polar surface area (TPSA) is 104 Å². The quantitative estimate of drug-likeness (QED) is 0.124. The van der Waals surface area contributed by atoms with Crippen LogP contribution in [-0.4, -0.2) is 35.7 Å². The van der Waals surface area contributed by atoms with Crippen molar-refractivity contribution in [2.75, 3.05) is 13.7 Å². The van der Waals surface area contributed by atoms with Crippen molar-refractivity contribution in [3.63, 3.8) is 0 Å². The maximum atomic E-state index is 13.2. The number of hydrogen-bond acceptors (Lipinski definition) is 7. The SMILES string of the molecule is CCCCCCCOc1ccc(-c2nc(-c3ccc([C@](C)(NC(=O)c4ccc(C(C)(C)C)cc4)C(=O)OC)cc3)no2)cc1. The number of carbonyl (C=O) groups is 2. The number of methoxy groups -OCH3 is 1. The number of aromatic nitrogens is 2. The molecule has 0 bridgehead atoms. The molecule has 232 valence electrons. The monoisotopic (exact) mass is 597 g/mol. The number of hydrogen-bond donors (Lipinski definition) is 1. The van der Waals surface area contributed by atoms with Crippen molar-refractivity contribution in [3.05, 3.63) is 89.5 Å². The second-order valence-electron chi connectivity index (χ2n) is 12.2. The smallest absolute Gasteiger partial charge is 0.336 e. The normalized spacial score (nSPS) is 12.8. The highest BCUT2D eigenvalue weighted by Crippen LogP contribution is 2.29. The number of benzene rings is 3. The Balaban J connectivity index is 1.44. The molecular weight excluding hydrogens is 554 g/mol. The van der Waals surface area contributed by atoms with E-state index < -0.39 is 11.5 Å². The van der Waals surface area contributed by atoms with Crippen molar-refractivity contribution in [1.29, 1.82) is 0 Å². The van der Waals surface area contributed by atoms with E-state index in [4.69, 9.17) is 14.0 Å². The second-order valence-corrected chi connectivity index (χ2v) is 12.2. The van der Waals surface area contributed by atoms with E-state index in [1.54, 1.807) is 43.3 Å². The molecule has 8 nitrogen and oxygen atoms in total. The molecule has 3 aromatic carbocycles. The van der Waals surface area contributed by atoms with Crippen molar-refractivity contribution < 1.29 is 23.6 Å². The highest BCUT2D eigenvalue weighted by molar-refractivity contribution is 5.98. The zero-order chi connectivity index (χ0) is 31.7. The van der Waals surface area contributed by atoms with Gasteiger partial charge in [-0.25, -0.2) is 4.79 Å². The largest absolute Gasteiger partial charge is 0.494 e. The molecule has 1 aromatic heterocycles. The van der Waals surface area contributed by atoms with Crippen molar-refractivity contribution in [2.24, 2.45) is 0 Å². The number of nitrogens with one attached hydrogen (secondary N) is 1. The van der Waals surface area contributed by atoms with Crippen molar-refractivity contribution in [1.82, 2.24) is 15.5 Å². The van der Waals surface area contributed by atoms with Gasteiger partial charge in [0.1, 0.15) is 5.75 Å². The summed E-state index contributed by atoms with van der Waals surface area (Å²) in [6, 6.07) is 22.1. The molecule has 0 unspecified atom stereocenters. The third kappa shape index (κ3) is 7.92. The number of carbonyl (C=O) groups excluding carboxylic acids is 2. The molecule has 0 saturated heterocycles. The zero-order valence-electron chi connectivity index (χ0n) is 26.6. The van der Waals surface area contributed by atoms with Gasteiger partial charge in [-0.3, -0.25) is 4.79 Å². The Morgan fingerprint density at radius 2 is 1.41 bits per heavy atom. The molecule has 0 radical (unpaired) electrons. The van der Waals surface area contributed by atoms with E-state index in [0.717, 1.165) is 23.3 Å². The van der Waals surface area contributed by atoms with E-state index in [2.05, 4.69) is 43.2 Å². The van der Waals surface area contributed by atoms with Crippen LogP contribution in [0.3, 0.4) is 0 Å². The maximum Gasteiger partial charge on any atom is 0.336 e. The van der Waals surface area contributed by atoms with Gasteiger partial charge in [0.2, 0.25) is 5.82 Å². The Hall–Kier alpha value is -4.46. The maximum absolute atomic E-state index is 13.2. The van der Waals surface area contributed by atoms with Crippen LogP contribution in [0.25, 0.3) is 22.8 Å². The molecular formula is C36H43N3O5. The predicted molar refractivity (Wildman–Crippen MR) is 171 cm³/mol. The highest BCUT2D eigenvalue weighted by atomic mass is 16.5. The number of amides is 1. The molecule has 0 saturated carbocycles. The van der Waals surface area contributed by atoms with Crippen LogP contribution in [0, 0.1) is 0 Å². The highest BCUT2D eigenvalue weighted by Gasteiger charge is 2.38. The summed E-state index contributed by atoms with van der Waals surface area (Å²) in [4.78, 5) is 30.7. The lowest BCUT2D eigenvalue weighted by Crippen LogP contribution is -2.50. The first kappa shape index (κ1) is 32.5. The van der Waals surface area contributed by atoms with E-state index >= 15 is 0 Å². The molecule has 44 heavy (non-hydrogen) atoms. The molecule has 1 heterocycles. The summed E-state index contributed by atoms with van der Waals surface area (Å²) in [5, 5.41) is 7.02. The van der Waals surface area contributed by atoms with Gasteiger partial charge in [-0.15, -0.1) is 0 Å². The molecule has 1 atom stereocenters. The Bertz CT molecular complexity index is 1520. The minimum Gasteiger partial charge on any atom is -0.494 e. The average Bonchev–Trinajstić information content (AvgIpc) is 3.53. The van der Waals surface area contributed by atoms with Gasteiger partial charge < -0.3 is 19.3 Å². The summed E-state index contributed by atoms with van der Waals surface area (Å²) in [6.45, 7) is 10.9. The molecule has 4 aromatic rings. The summed E-state index contributed by atoms with van der Waals surface area (Å²) in [6.07, 6.45) is 5.97. The van der Waals surface area contributed by atoms with E-state index in [1.807, 2.05) is 36.4 Å². The Kier molecular flexibility index (Phi) is 10.6. The van der Waals surface area contributed by atoms with Gasteiger partial charge in [-0.1, -0.05) is 94.9 Å². The van der Waals surface area contributed by atoms with Crippen molar-refractivity contribution >= 4 is 11.9 Å². The van der Waals surface area contributed by atoms with E-state index in [9.17, 15) is 9.59 Å². The number of ether oxygens (including phenoxy) is 2. The Morgan fingerprint density at radius 3 is 2.02 bits per heavy atom. The summed E-state index contributed by atoms with van der Waals surface area (Å²) in [7, 11) is 1.30. The van der Waals surface area contributed by atoms with Crippen LogP contribution in [0.15, 0.2) is 77.3 Å². The lowest BCUT2D eigenvalue weighted by atomic mass is 9.86. The summed E-state index contributed by atoms with van der Waals surface area (Å²) >= 11 is 0. The van der Waals surface area contributed by atoms with Gasteiger partial charge in [0.15, 0.2) is 5.54 Å². The van der Waals surface area contributed by atoms with Gasteiger partial charge in [0.05, 0.1) is 13.7 Å². The lowest BCUT2D eigenvalue weighted by Gasteiger charge is -2.29. The van der Waals surface area contributed by atoms with Gasteiger partial charge >= 0.3 is 5.97 Å². The van der Waals surface area contributed by atoms with E-state index in [0.29, 0.717) is 35.0 Å². The number of unbranched alkanes of at least 4 members (excludes halogenated alkanes) is 4. The van der Waals surface area contributed by atoms with Gasteiger partial charge in [-0.05, 0) is 66.3 Å². The first-order valence-electron chi connectivity index (χ1n) is 15.2. The molecule has 4 rings (SSSR count). The molecule has 1 N–H and O–H groups in total. The predicted octanol–water partition coefficient (Wildman–Crippen LogP) is 7.87. The fraction of sp³-hybridized carbons (Fsp3) is 0.389. The minimum atomic E-state index is -1.42. The zero-order valence-corrected chi connectivity index (χ0v) is 26.6. The number of rotatable bonds is 13. The third-order valence-electron chi connectivity index (χ3n) is 7.73. The first-order valence-corrected chi connectivity index (χ1v) is 15.2. The van der Waals surface area contributed by atoms with Crippen LogP contribution in [0.4, 0.5) is 0 Å². The molecule has 0 aliphatic heterocycles. The third-order valence-corrected chi connectivity index (χ3v) is 7.73. The number of esters is 1. The van der Waals surface area contributed by atoms with Crippen LogP contribution >= 0.6 is 0 Å². The molecule has 1 amide bonds. The van der Waals surface area contributed by atoms with Crippen LogP contribution in [0.5, 0.6) is 5.75 Å². The fourth-order valence-electron chi connectivity index (χ4n) is 4.87. The molecule has 0 aliphatic carbocycles. The molecule has 0 aliphatic rings. The first-order chi connectivity index (χ1) is 21.0. The van der Waals surface area contributed by atoms with E-state index in [1.165, 1.54) is 32.8 Å².